The van der Waals surface area contributed by atoms with Gasteiger partial charge in [-0.3, -0.25) is 0 Å². The van der Waals surface area contributed by atoms with Crippen molar-refractivity contribution in [1.29, 1.82) is 0 Å². The number of pyridine rings is 1. The van der Waals surface area contributed by atoms with E-state index in [-0.39, 0.29) is 10.2 Å². The maximum atomic E-state index is 12.8. The number of aromatic amines is 1. The van der Waals surface area contributed by atoms with E-state index in [1.54, 1.807) is 6.07 Å². The fraction of sp³-hybridized carbons (Fsp3) is 0.0952. The molecule has 5 nitrogen and oxygen atoms in total. The lowest BCUT2D eigenvalue weighted by Crippen LogP contribution is -2.16. The SMILES string of the molecule is Cc1cc(-c2ccccc2)c(-n2c(Sc3ccc(C(F)(F)F)cn3)n[nH]c2=O)cc1Cl. The third kappa shape index (κ3) is 4.38. The highest BCUT2D eigenvalue weighted by atomic mass is 35.5. The average molecular weight is 463 g/mol. The van der Waals surface area contributed by atoms with Crippen molar-refractivity contribution in [3.8, 4) is 16.8 Å². The van der Waals surface area contributed by atoms with Crippen molar-refractivity contribution in [3.05, 3.63) is 87.4 Å². The van der Waals surface area contributed by atoms with Gasteiger partial charge in [0.05, 0.1) is 11.3 Å². The number of alkyl halides is 3. The van der Waals surface area contributed by atoms with Crippen molar-refractivity contribution in [3.63, 3.8) is 0 Å². The zero-order chi connectivity index (χ0) is 22.2. The normalized spacial score (nSPS) is 11.6. The van der Waals surface area contributed by atoms with Gasteiger partial charge in [0.25, 0.3) is 0 Å². The molecule has 0 aliphatic rings. The molecule has 0 atom stereocenters. The first kappa shape index (κ1) is 21.2. The molecule has 0 amide bonds. The topological polar surface area (TPSA) is 63.6 Å². The molecule has 0 spiro atoms. The fourth-order valence-corrected chi connectivity index (χ4v) is 3.92. The van der Waals surface area contributed by atoms with Gasteiger partial charge in [-0.25, -0.2) is 19.4 Å². The molecular formula is C21H14ClF3N4OS. The predicted molar refractivity (Wildman–Crippen MR) is 113 cm³/mol. The molecule has 2 aromatic heterocycles. The van der Waals surface area contributed by atoms with Crippen LogP contribution in [0.15, 0.2) is 75.8 Å². The van der Waals surface area contributed by atoms with Crippen molar-refractivity contribution in [2.45, 2.75) is 23.3 Å². The van der Waals surface area contributed by atoms with Gasteiger partial charge in [0.2, 0.25) is 5.16 Å². The lowest BCUT2D eigenvalue weighted by molar-refractivity contribution is -0.137. The van der Waals surface area contributed by atoms with E-state index in [2.05, 4.69) is 15.2 Å². The summed E-state index contributed by atoms with van der Waals surface area (Å²) in [6, 6.07) is 15.2. The second kappa shape index (κ2) is 8.24. The number of H-pyrrole nitrogens is 1. The Labute approximate surface area is 183 Å². The van der Waals surface area contributed by atoms with Crippen LogP contribution in [0.2, 0.25) is 5.02 Å². The summed E-state index contributed by atoms with van der Waals surface area (Å²) in [5, 5.41) is 7.36. The van der Waals surface area contributed by atoms with Gasteiger partial charge in [0.1, 0.15) is 5.03 Å². The van der Waals surface area contributed by atoms with E-state index >= 15 is 0 Å². The summed E-state index contributed by atoms with van der Waals surface area (Å²) in [4.78, 5) is 16.5. The van der Waals surface area contributed by atoms with Crippen LogP contribution in [0.3, 0.4) is 0 Å². The molecule has 2 aromatic carbocycles. The predicted octanol–water partition coefficient (Wildman–Crippen LogP) is 5.75. The average Bonchev–Trinajstić information content (AvgIpc) is 3.10. The summed E-state index contributed by atoms with van der Waals surface area (Å²) >= 11 is 7.31. The van der Waals surface area contributed by atoms with Gasteiger partial charge in [-0.2, -0.15) is 13.2 Å². The number of aryl methyl sites for hydroxylation is 1. The molecule has 0 bridgehead atoms. The molecule has 1 N–H and O–H groups in total. The number of rotatable bonds is 4. The highest BCUT2D eigenvalue weighted by Crippen LogP contribution is 2.35. The molecule has 0 aliphatic carbocycles. The summed E-state index contributed by atoms with van der Waals surface area (Å²) in [5.41, 5.74) is 1.59. The monoisotopic (exact) mass is 462 g/mol. The Balaban J connectivity index is 1.80. The Bertz CT molecular complexity index is 1280. The van der Waals surface area contributed by atoms with Crippen LogP contribution < -0.4 is 5.69 Å². The number of benzene rings is 2. The van der Waals surface area contributed by atoms with E-state index in [9.17, 15) is 18.0 Å². The standard InChI is InChI=1S/C21H14ClF3N4OS/c1-12-9-15(13-5-3-2-4-6-13)17(10-16(12)22)29-19(30)27-28-20(29)31-18-8-7-14(11-26-18)21(23,24)25/h2-11H,1H3,(H,27,30). The molecule has 10 heteroatoms. The Morgan fingerprint density at radius 2 is 1.84 bits per heavy atom. The smallest absolute Gasteiger partial charge is 0.249 e. The number of hydrogen-bond acceptors (Lipinski definition) is 4. The highest BCUT2D eigenvalue weighted by Gasteiger charge is 2.30. The van der Waals surface area contributed by atoms with Crippen LogP contribution >= 0.6 is 23.4 Å². The zero-order valence-corrected chi connectivity index (χ0v) is 17.5. The number of hydrogen-bond donors (Lipinski definition) is 1. The van der Waals surface area contributed by atoms with E-state index in [4.69, 9.17) is 11.6 Å². The number of halogens is 4. The van der Waals surface area contributed by atoms with Crippen LogP contribution in [0.1, 0.15) is 11.1 Å². The van der Waals surface area contributed by atoms with Gasteiger partial charge in [-0.1, -0.05) is 41.9 Å². The van der Waals surface area contributed by atoms with Crippen LogP contribution in [0.4, 0.5) is 13.2 Å². The van der Waals surface area contributed by atoms with Gasteiger partial charge in [0.15, 0.2) is 0 Å². The minimum atomic E-state index is -4.48. The molecule has 0 saturated carbocycles. The lowest BCUT2D eigenvalue weighted by atomic mass is 10.0. The fourth-order valence-electron chi connectivity index (χ4n) is 2.97. The van der Waals surface area contributed by atoms with Gasteiger partial charge >= 0.3 is 11.9 Å². The first-order chi connectivity index (χ1) is 14.7. The highest BCUT2D eigenvalue weighted by molar-refractivity contribution is 7.99. The molecule has 31 heavy (non-hydrogen) atoms. The Kier molecular flexibility index (Phi) is 5.63. The molecule has 0 saturated heterocycles. The quantitative estimate of drug-likeness (QED) is 0.419. The van der Waals surface area contributed by atoms with E-state index in [0.29, 0.717) is 10.7 Å². The summed E-state index contributed by atoms with van der Waals surface area (Å²) < 4.78 is 39.7. The van der Waals surface area contributed by atoms with E-state index < -0.39 is 17.4 Å². The van der Waals surface area contributed by atoms with E-state index in [1.165, 1.54) is 10.6 Å². The minimum absolute atomic E-state index is 0.217. The Morgan fingerprint density at radius 1 is 1.10 bits per heavy atom. The van der Waals surface area contributed by atoms with Crippen molar-refractivity contribution in [2.75, 3.05) is 0 Å². The Hall–Kier alpha value is -3.04. The third-order valence-corrected chi connectivity index (χ3v) is 5.82. The van der Waals surface area contributed by atoms with Gasteiger partial charge in [-0.15, -0.1) is 5.10 Å². The molecule has 158 valence electrons. The second-order valence-electron chi connectivity index (χ2n) is 6.62. The molecule has 4 rings (SSSR count). The van der Waals surface area contributed by atoms with Crippen molar-refractivity contribution >= 4 is 23.4 Å². The molecule has 0 unspecified atom stereocenters. The maximum Gasteiger partial charge on any atom is 0.417 e. The largest absolute Gasteiger partial charge is 0.417 e. The molecule has 0 radical (unpaired) electrons. The maximum absolute atomic E-state index is 12.8. The van der Waals surface area contributed by atoms with E-state index in [0.717, 1.165) is 40.7 Å². The van der Waals surface area contributed by atoms with Crippen LogP contribution in [0.25, 0.3) is 16.8 Å². The number of nitrogens with zero attached hydrogens (tertiary/aromatic N) is 3. The summed E-state index contributed by atoms with van der Waals surface area (Å²) in [7, 11) is 0. The molecule has 4 aromatic rings. The molecule has 0 aliphatic heterocycles. The van der Waals surface area contributed by atoms with Gasteiger partial charge in [-0.05, 0) is 54.1 Å². The summed E-state index contributed by atoms with van der Waals surface area (Å²) in [5.74, 6) is 0. The van der Waals surface area contributed by atoms with Gasteiger partial charge < -0.3 is 0 Å². The van der Waals surface area contributed by atoms with Crippen molar-refractivity contribution in [1.82, 2.24) is 19.7 Å². The molecular weight excluding hydrogens is 449 g/mol. The Morgan fingerprint density at radius 3 is 2.48 bits per heavy atom. The summed E-state index contributed by atoms with van der Waals surface area (Å²) in [6.45, 7) is 1.86. The zero-order valence-electron chi connectivity index (χ0n) is 15.9. The molecule has 2 heterocycles. The first-order valence-electron chi connectivity index (χ1n) is 8.98. The van der Waals surface area contributed by atoms with E-state index in [1.807, 2.05) is 43.3 Å². The van der Waals surface area contributed by atoms with Crippen LogP contribution in [0.5, 0.6) is 0 Å². The number of nitrogens with one attached hydrogen (secondary N) is 1. The minimum Gasteiger partial charge on any atom is -0.249 e. The van der Waals surface area contributed by atoms with Crippen molar-refractivity contribution < 1.29 is 13.2 Å². The summed E-state index contributed by atoms with van der Waals surface area (Å²) in [6.07, 6.45) is -3.73. The second-order valence-corrected chi connectivity index (χ2v) is 8.01. The van der Waals surface area contributed by atoms with Crippen molar-refractivity contribution in [2.24, 2.45) is 0 Å². The first-order valence-corrected chi connectivity index (χ1v) is 10.2. The van der Waals surface area contributed by atoms with Crippen LogP contribution in [-0.4, -0.2) is 19.7 Å². The van der Waals surface area contributed by atoms with Crippen LogP contribution in [-0.2, 0) is 6.18 Å². The molecule has 0 fully saturated rings. The third-order valence-electron chi connectivity index (χ3n) is 4.50. The number of aromatic nitrogens is 4. The van der Waals surface area contributed by atoms with Crippen LogP contribution in [0, 0.1) is 6.92 Å². The lowest BCUT2D eigenvalue weighted by Gasteiger charge is -2.14. The van der Waals surface area contributed by atoms with Gasteiger partial charge in [0, 0.05) is 16.8 Å².